The molecule has 0 radical (unpaired) electrons. The minimum Gasteiger partial charge on any atom is -0.481 e. The van der Waals surface area contributed by atoms with E-state index in [0.29, 0.717) is 16.6 Å². The van der Waals surface area contributed by atoms with Crippen LogP contribution in [0.2, 0.25) is 10.0 Å². The van der Waals surface area contributed by atoms with Gasteiger partial charge in [0, 0.05) is 6.54 Å². The number of hydrogen-bond donors (Lipinski definition) is 1. The third-order valence-electron chi connectivity index (χ3n) is 4.82. The Morgan fingerprint density at radius 1 is 1.12 bits per heavy atom. The van der Waals surface area contributed by atoms with E-state index < -0.39 is 5.97 Å². The summed E-state index contributed by atoms with van der Waals surface area (Å²) in [6.07, 6.45) is 1.61. The molecule has 0 aliphatic carbocycles. The molecule has 0 saturated carbocycles. The van der Waals surface area contributed by atoms with Crippen LogP contribution in [-0.2, 0) is 4.79 Å². The first-order valence-electron chi connectivity index (χ1n) is 8.44. The van der Waals surface area contributed by atoms with Crippen molar-refractivity contribution in [2.45, 2.75) is 25.8 Å². The van der Waals surface area contributed by atoms with Gasteiger partial charge in [0.2, 0.25) is 0 Å². The second-order valence-electron chi connectivity index (χ2n) is 6.66. The summed E-state index contributed by atoms with van der Waals surface area (Å²) in [7, 11) is 0. The quantitative estimate of drug-likeness (QED) is 0.796. The largest absolute Gasteiger partial charge is 0.481 e. The van der Waals surface area contributed by atoms with Crippen molar-refractivity contribution in [1.82, 2.24) is 4.90 Å². The summed E-state index contributed by atoms with van der Waals surface area (Å²) in [5.41, 5.74) is 3.36. The molecule has 2 aromatic carbocycles. The van der Waals surface area contributed by atoms with Gasteiger partial charge in [-0.3, -0.25) is 9.69 Å². The van der Waals surface area contributed by atoms with Gasteiger partial charge in [-0.2, -0.15) is 0 Å². The molecule has 25 heavy (non-hydrogen) atoms. The molecule has 3 nitrogen and oxygen atoms in total. The van der Waals surface area contributed by atoms with E-state index in [1.54, 1.807) is 6.07 Å². The van der Waals surface area contributed by atoms with Gasteiger partial charge >= 0.3 is 5.97 Å². The summed E-state index contributed by atoms with van der Waals surface area (Å²) < 4.78 is 0. The Balaban J connectivity index is 2.00. The lowest BCUT2D eigenvalue weighted by molar-refractivity contribution is -0.143. The molecular formula is C20H21Cl2NO2. The number of benzene rings is 2. The van der Waals surface area contributed by atoms with Gasteiger partial charge in [0.15, 0.2) is 0 Å². The fraction of sp³-hybridized carbons (Fsp3) is 0.350. The van der Waals surface area contributed by atoms with Crippen molar-refractivity contribution in [2.75, 3.05) is 13.1 Å². The van der Waals surface area contributed by atoms with Crippen molar-refractivity contribution in [3.8, 4) is 0 Å². The molecule has 3 rings (SSSR count). The van der Waals surface area contributed by atoms with Crippen LogP contribution in [0.25, 0.3) is 0 Å². The van der Waals surface area contributed by atoms with Crippen LogP contribution in [0.1, 0.15) is 35.6 Å². The molecule has 1 fully saturated rings. The second-order valence-corrected chi connectivity index (χ2v) is 7.47. The van der Waals surface area contributed by atoms with Crippen LogP contribution in [-0.4, -0.2) is 29.1 Å². The van der Waals surface area contributed by atoms with Crippen molar-refractivity contribution in [2.24, 2.45) is 5.92 Å². The number of carbonyl (C=O) groups is 1. The molecule has 1 aliphatic rings. The average Bonchev–Trinajstić information content (AvgIpc) is 2.60. The number of nitrogens with zero attached hydrogens (tertiary/aromatic N) is 1. The summed E-state index contributed by atoms with van der Waals surface area (Å²) in [5, 5.41) is 10.5. The Morgan fingerprint density at radius 3 is 2.44 bits per heavy atom. The molecule has 0 amide bonds. The number of piperidine rings is 1. The summed E-state index contributed by atoms with van der Waals surface area (Å²) in [6, 6.07) is 14.0. The third kappa shape index (κ3) is 4.17. The van der Waals surface area contributed by atoms with E-state index in [2.05, 4.69) is 36.1 Å². The molecule has 0 spiro atoms. The van der Waals surface area contributed by atoms with Gasteiger partial charge in [0.1, 0.15) is 0 Å². The third-order valence-corrected chi connectivity index (χ3v) is 5.56. The number of likely N-dealkylation sites (tertiary alicyclic amines) is 1. The van der Waals surface area contributed by atoms with E-state index in [-0.39, 0.29) is 12.0 Å². The van der Waals surface area contributed by atoms with E-state index in [1.165, 1.54) is 5.56 Å². The minimum absolute atomic E-state index is 0.0301. The zero-order chi connectivity index (χ0) is 18.0. The molecule has 0 bridgehead atoms. The normalized spacial score (nSPS) is 19.6. The number of aryl methyl sites for hydroxylation is 1. The Morgan fingerprint density at radius 2 is 1.80 bits per heavy atom. The van der Waals surface area contributed by atoms with Gasteiger partial charge in [-0.15, -0.1) is 0 Å². The summed E-state index contributed by atoms with van der Waals surface area (Å²) >= 11 is 12.3. The molecule has 5 heteroatoms. The summed E-state index contributed by atoms with van der Waals surface area (Å²) in [5.74, 6) is -1.05. The van der Waals surface area contributed by atoms with Crippen molar-refractivity contribution >= 4 is 29.2 Å². The molecule has 1 saturated heterocycles. The number of rotatable bonds is 4. The van der Waals surface area contributed by atoms with E-state index in [1.807, 2.05) is 12.1 Å². The standard InChI is InChI=1S/C20H21Cl2NO2/c1-13-4-6-14(7-5-13)19(15-8-9-17(21)18(22)11-15)23-10-2-3-16(12-23)20(24)25/h4-9,11,16,19H,2-3,10,12H2,1H3,(H,24,25). The van der Waals surface area contributed by atoms with Crippen LogP contribution in [0.4, 0.5) is 0 Å². The van der Waals surface area contributed by atoms with Crippen molar-refractivity contribution < 1.29 is 9.90 Å². The van der Waals surface area contributed by atoms with Crippen LogP contribution in [0, 0.1) is 12.8 Å². The first-order valence-corrected chi connectivity index (χ1v) is 9.19. The van der Waals surface area contributed by atoms with E-state index >= 15 is 0 Å². The van der Waals surface area contributed by atoms with Gasteiger partial charge in [-0.25, -0.2) is 0 Å². The molecule has 2 atom stereocenters. The second kappa shape index (κ2) is 7.77. The van der Waals surface area contributed by atoms with Crippen LogP contribution in [0.3, 0.4) is 0 Å². The predicted octanol–water partition coefficient (Wildman–Crippen LogP) is 5.19. The fourth-order valence-corrected chi connectivity index (χ4v) is 3.79. The molecule has 1 heterocycles. The van der Waals surface area contributed by atoms with Crippen LogP contribution >= 0.6 is 23.2 Å². The highest BCUT2D eigenvalue weighted by atomic mass is 35.5. The lowest BCUT2D eigenvalue weighted by Crippen LogP contribution is -2.41. The Kier molecular flexibility index (Phi) is 5.67. The van der Waals surface area contributed by atoms with Crippen LogP contribution < -0.4 is 0 Å². The monoisotopic (exact) mass is 377 g/mol. The highest BCUT2D eigenvalue weighted by Crippen LogP contribution is 2.35. The first-order chi connectivity index (χ1) is 12.0. The maximum Gasteiger partial charge on any atom is 0.307 e. The molecule has 132 valence electrons. The Bertz CT molecular complexity index is 761. The fourth-order valence-electron chi connectivity index (χ4n) is 3.49. The average molecular weight is 378 g/mol. The molecule has 2 unspecified atom stereocenters. The maximum absolute atomic E-state index is 11.5. The lowest BCUT2D eigenvalue weighted by Gasteiger charge is -2.37. The van der Waals surface area contributed by atoms with E-state index in [9.17, 15) is 9.90 Å². The van der Waals surface area contributed by atoms with Gasteiger partial charge in [-0.05, 0) is 49.6 Å². The zero-order valence-corrected chi connectivity index (χ0v) is 15.6. The van der Waals surface area contributed by atoms with Crippen molar-refractivity contribution in [3.63, 3.8) is 0 Å². The molecule has 0 aromatic heterocycles. The maximum atomic E-state index is 11.5. The molecular weight excluding hydrogens is 357 g/mol. The summed E-state index contributed by atoms with van der Waals surface area (Å²) in [6.45, 7) is 3.45. The molecule has 2 aromatic rings. The van der Waals surface area contributed by atoms with Gasteiger partial charge in [0.05, 0.1) is 22.0 Å². The number of aliphatic carboxylic acids is 1. The van der Waals surface area contributed by atoms with E-state index in [4.69, 9.17) is 23.2 Å². The van der Waals surface area contributed by atoms with Gasteiger partial charge in [-0.1, -0.05) is 59.1 Å². The van der Waals surface area contributed by atoms with Gasteiger partial charge in [0.25, 0.3) is 0 Å². The number of hydrogen-bond acceptors (Lipinski definition) is 2. The number of carboxylic acid groups (broad SMARTS) is 1. The Hall–Kier alpha value is -1.55. The highest BCUT2D eigenvalue weighted by Gasteiger charge is 2.31. The van der Waals surface area contributed by atoms with E-state index in [0.717, 1.165) is 30.5 Å². The summed E-state index contributed by atoms with van der Waals surface area (Å²) in [4.78, 5) is 13.7. The number of halogens is 2. The zero-order valence-electron chi connectivity index (χ0n) is 14.1. The highest BCUT2D eigenvalue weighted by molar-refractivity contribution is 6.42. The smallest absolute Gasteiger partial charge is 0.307 e. The number of carboxylic acids is 1. The van der Waals surface area contributed by atoms with Crippen molar-refractivity contribution in [1.29, 1.82) is 0 Å². The first kappa shape index (κ1) is 18.2. The SMILES string of the molecule is Cc1ccc(C(c2ccc(Cl)c(Cl)c2)N2CCCC(C(=O)O)C2)cc1. The molecule has 1 N–H and O–H groups in total. The lowest BCUT2D eigenvalue weighted by atomic mass is 9.91. The predicted molar refractivity (Wildman–Crippen MR) is 101 cm³/mol. The molecule has 1 aliphatic heterocycles. The van der Waals surface area contributed by atoms with Crippen molar-refractivity contribution in [3.05, 3.63) is 69.2 Å². The topological polar surface area (TPSA) is 40.5 Å². The van der Waals surface area contributed by atoms with Gasteiger partial charge < -0.3 is 5.11 Å². The Labute approximate surface area is 158 Å². The van der Waals surface area contributed by atoms with Crippen LogP contribution in [0.15, 0.2) is 42.5 Å². The van der Waals surface area contributed by atoms with Crippen LogP contribution in [0.5, 0.6) is 0 Å². The minimum atomic E-state index is -0.721.